The molecule has 3 rings (SSSR count). The van der Waals surface area contributed by atoms with Crippen LogP contribution < -0.4 is 4.90 Å². The Labute approximate surface area is 178 Å². The third-order valence-corrected chi connectivity index (χ3v) is 6.23. The van der Waals surface area contributed by atoms with Crippen molar-refractivity contribution in [2.45, 2.75) is 65.5 Å². The average molecular weight is 437 g/mol. The fourth-order valence-electron chi connectivity index (χ4n) is 4.74. The molecule has 0 spiro atoms. The number of nitrogens with zero attached hydrogens (tertiary/aromatic N) is 2. The van der Waals surface area contributed by atoms with E-state index in [2.05, 4.69) is 80.6 Å². The second kappa shape index (κ2) is 7.76. The van der Waals surface area contributed by atoms with Gasteiger partial charge in [-0.05, 0) is 99.6 Å². The van der Waals surface area contributed by atoms with Gasteiger partial charge in [0.15, 0.2) is 0 Å². The number of fused-ring (bicyclic) bond motifs is 1. The predicted molar refractivity (Wildman–Crippen MR) is 124 cm³/mol. The number of rotatable bonds is 3. The van der Waals surface area contributed by atoms with E-state index in [4.69, 9.17) is 0 Å². The summed E-state index contributed by atoms with van der Waals surface area (Å²) in [4.78, 5) is 2.56. The molecular weight excluding hydrogens is 408 g/mol. The maximum Gasteiger partial charge on any atom is 0.0998 e. The molecule has 1 aliphatic heterocycles. The molecule has 2 nitrogen and oxygen atoms in total. The molecule has 0 radical (unpaired) electrons. The normalized spacial score (nSPS) is 18.8. The maximum absolute atomic E-state index is 9.75. The fraction of sp³-hybridized carbons (Fsp3) is 0.400. The minimum absolute atomic E-state index is 0.137. The molecule has 0 N–H and O–H groups in total. The first-order valence-electron chi connectivity index (χ1n) is 9.95. The number of anilines is 1. The number of hydrogen-bond donors (Lipinski definition) is 0. The third kappa shape index (κ3) is 3.89. The van der Waals surface area contributed by atoms with Crippen molar-refractivity contribution in [1.29, 1.82) is 5.26 Å². The van der Waals surface area contributed by atoms with E-state index in [0.717, 1.165) is 22.0 Å². The van der Waals surface area contributed by atoms with Crippen LogP contribution in [0.4, 0.5) is 5.69 Å². The lowest BCUT2D eigenvalue weighted by Crippen LogP contribution is -2.51. The van der Waals surface area contributed by atoms with Gasteiger partial charge in [-0.3, -0.25) is 0 Å². The molecule has 1 heterocycles. The van der Waals surface area contributed by atoms with Crippen LogP contribution in [-0.4, -0.2) is 11.6 Å². The van der Waals surface area contributed by atoms with E-state index in [-0.39, 0.29) is 5.54 Å². The summed E-state index contributed by atoms with van der Waals surface area (Å²) in [5.41, 5.74) is 6.83. The Morgan fingerprint density at radius 3 is 2.61 bits per heavy atom. The van der Waals surface area contributed by atoms with E-state index in [0.29, 0.717) is 17.5 Å². The van der Waals surface area contributed by atoms with Crippen LogP contribution in [0.2, 0.25) is 0 Å². The summed E-state index contributed by atoms with van der Waals surface area (Å²) in [6.45, 7) is 13.7. The van der Waals surface area contributed by atoms with Crippen LogP contribution in [0.1, 0.15) is 69.2 Å². The van der Waals surface area contributed by atoms with Crippen LogP contribution in [-0.2, 0) is 0 Å². The smallest absolute Gasteiger partial charge is 0.0998 e. The van der Waals surface area contributed by atoms with Crippen molar-refractivity contribution in [2.75, 3.05) is 4.90 Å². The van der Waals surface area contributed by atoms with E-state index < -0.39 is 0 Å². The summed E-state index contributed by atoms with van der Waals surface area (Å²) >= 11 is 3.51. The number of nitriles is 1. The molecule has 0 aliphatic carbocycles. The van der Waals surface area contributed by atoms with Crippen molar-refractivity contribution in [1.82, 2.24) is 0 Å². The highest BCUT2D eigenvalue weighted by molar-refractivity contribution is 9.10. The lowest BCUT2D eigenvalue weighted by Gasteiger charge is -2.50. The molecule has 2 aromatic carbocycles. The molecule has 0 unspecified atom stereocenters. The van der Waals surface area contributed by atoms with Crippen LogP contribution in [0.15, 0.2) is 40.9 Å². The Hall–Kier alpha value is -2.05. The van der Waals surface area contributed by atoms with Gasteiger partial charge in [0.05, 0.1) is 11.6 Å². The van der Waals surface area contributed by atoms with Crippen LogP contribution in [0.5, 0.6) is 0 Å². The molecule has 0 saturated carbocycles. The zero-order valence-electron chi connectivity index (χ0n) is 17.7. The summed E-state index contributed by atoms with van der Waals surface area (Å²) in [7, 11) is 0. The summed E-state index contributed by atoms with van der Waals surface area (Å²) in [5.74, 6) is 0.490. The lowest BCUT2D eigenvalue weighted by molar-refractivity contribution is 0.356. The molecule has 28 heavy (non-hydrogen) atoms. The molecular formula is C25H29BrN2. The molecule has 3 heteroatoms. The van der Waals surface area contributed by atoms with Gasteiger partial charge in [0.1, 0.15) is 0 Å². The van der Waals surface area contributed by atoms with E-state index >= 15 is 0 Å². The molecule has 2 aromatic rings. The molecule has 0 bridgehead atoms. The zero-order valence-corrected chi connectivity index (χ0v) is 19.3. The largest absolute Gasteiger partial charge is 0.364 e. The summed E-state index contributed by atoms with van der Waals surface area (Å²) in [6, 6.07) is 15.4. The molecule has 0 aromatic heterocycles. The Balaban J connectivity index is 2.13. The average Bonchev–Trinajstić information content (AvgIpc) is 2.59. The van der Waals surface area contributed by atoms with Crippen LogP contribution in [0, 0.1) is 18.3 Å². The molecule has 146 valence electrons. The van der Waals surface area contributed by atoms with Crippen LogP contribution in [0.3, 0.4) is 0 Å². The topological polar surface area (TPSA) is 27.0 Å². The molecule has 1 atom stereocenters. The van der Waals surface area contributed by atoms with Gasteiger partial charge in [0.2, 0.25) is 0 Å². The highest BCUT2D eigenvalue weighted by Crippen LogP contribution is 2.45. The van der Waals surface area contributed by atoms with Crippen LogP contribution in [0.25, 0.3) is 11.6 Å². The third-order valence-electron chi connectivity index (χ3n) is 5.74. The maximum atomic E-state index is 9.75. The first kappa shape index (κ1) is 20.7. The monoisotopic (exact) mass is 436 g/mol. The number of benzene rings is 2. The second-order valence-electron chi connectivity index (χ2n) is 8.83. The number of hydrogen-bond acceptors (Lipinski definition) is 2. The first-order valence-corrected chi connectivity index (χ1v) is 10.7. The van der Waals surface area contributed by atoms with E-state index in [1.165, 1.54) is 16.8 Å². The Kier molecular flexibility index (Phi) is 5.73. The Bertz CT molecular complexity index is 963. The van der Waals surface area contributed by atoms with Crippen molar-refractivity contribution in [3.63, 3.8) is 0 Å². The van der Waals surface area contributed by atoms with E-state index in [1.807, 2.05) is 30.3 Å². The van der Waals surface area contributed by atoms with E-state index in [9.17, 15) is 5.26 Å². The summed E-state index contributed by atoms with van der Waals surface area (Å²) in [6.07, 6.45) is 3.16. The van der Waals surface area contributed by atoms with Crippen molar-refractivity contribution < 1.29 is 0 Å². The van der Waals surface area contributed by atoms with Crippen molar-refractivity contribution >= 4 is 33.3 Å². The van der Waals surface area contributed by atoms with Gasteiger partial charge in [-0.25, -0.2) is 0 Å². The number of halogens is 1. The molecule has 0 amide bonds. The predicted octanol–water partition coefficient (Wildman–Crippen LogP) is 7.32. The van der Waals surface area contributed by atoms with Gasteiger partial charge in [0.25, 0.3) is 0 Å². The highest BCUT2D eigenvalue weighted by atomic mass is 79.9. The van der Waals surface area contributed by atoms with Gasteiger partial charge in [-0.15, -0.1) is 0 Å². The standard InChI is InChI=1S/C25H29BrN2/c1-16(2)28-24-10-17(3)20(13-23(24)18(4)14-25(28,5)6)11-21(15-27)19-8-7-9-22(26)12-19/h7-13,16,18H,14H2,1-6H3/b21-11-/t18-/m1/s1. The van der Waals surface area contributed by atoms with Gasteiger partial charge in [-0.1, -0.05) is 35.0 Å². The van der Waals surface area contributed by atoms with Crippen molar-refractivity contribution in [3.05, 3.63) is 63.1 Å². The molecule has 0 fully saturated rings. The Morgan fingerprint density at radius 2 is 2.00 bits per heavy atom. The van der Waals surface area contributed by atoms with Gasteiger partial charge in [-0.2, -0.15) is 5.26 Å². The number of allylic oxidation sites excluding steroid dienone is 1. The van der Waals surface area contributed by atoms with Gasteiger partial charge >= 0.3 is 0 Å². The van der Waals surface area contributed by atoms with Crippen molar-refractivity contribution in [3.8, 4) is 6.07 Å². The summed E-state index contributed by atoms with van der Waals surface area (Å²) < 4.78 is 0.983. The Morgan fingerprint density at radius 1 is 1.29 bits per heavy atom. The van der Waals surface area contributed by atoms with Gasteiger partial charge in [0, 0.05) is 21.7 Å². The van der Waals surface area contributed by atoms with E-state index in [1.54, 1.807) is 0 Å². The number of aryl methyl sites for hydroxylation is 1. The fourth-order valence-corrected chi connectivity index (χ4v) is 5.14. The highest BCUT2D eigenvalue weighted by Gasteiger charge is 2.37. The zero-order chi connectivity index (χ0) is 20.6. The van der Waals surface area contributed by atoms with Gasteiger partial charge < -0.3 is 4.90 Å². The van der Waals surface area contributed by atoms with Crippen molar-refractivity contribution in [2.24, 2.45) is 0 Å². The van der Waals surface area contributed by atoms with Crippen LogP contribution >= 0.6 is 15.9 Å². The molecule has 0 saturated heterocycles. The second-order valence-corrected chi connectivity index (χ2v) is 9.74. The minimum Gasteiger partial charge on any atom is -0.364 e. The first-order chi connectivity index (χ1) is 13.1. The lowest BCUT2D eigenvalue weighted by atomic mass is 9.78. The summed E-state index contributed by atoms with van der Waals surface area (Å²) in [5, 5.41) is 9.75. The SMILES string of the molecule is Cc1cc2c(cc1/C=C(/C#N)c1cccc(Br)c1)[C@H](C)CC(C)(C)N2C(C)C. The minimum atomic E-state index is 0.137. The quantitative estimate of drug-likeness (QED) is 0.372. The molecule has 1 aliphatic rings.